The molecule has 1 fully saturated rings. The maximum Gasteiger partial charge on any atom is 0.231 e. The van der Waals surface area contributed by atoms with Gasteiger partial charge in [-0.1, -0.05) is 19.9 Å². The number of amides is 2. The molecule has 1 aliphatic rings. The highest BCUT2D eigenvalue weighted by Crippen LogP contribution is 2.31. The van der Waals surface area contributed by atoms with Crippen LogP contribution in [0.5, 0.6) is 0 Å². The van der Waals surface area contributed by atoms with E-state index < -0.39 is 0 Å². The van der Waals surface area contributed by atoms with Crippen molar-refractivity contribution in [3.63, 3.8) is 0 Å². The Kier molecular flexibility index (Phi) is 4.96. The molecule has 5 heteroatoms. The van der Waals surface area contributed by atoms with E-state index in [4.69, 9.17) is 0 Å². The summed E-state index contributed by atoms with van der Waals surface area (Å²) in [4.78, 5) is 23.9. The van der Waals surface area contributed by atoms with Crippen LogP contribution in [0.25, 0.3) is 0 Å². The molecular weight excluding hydrogens is 266 g/mol. The van der Waals surface area contributed by atoms with Crippen molar-refractivity contribution < 1.29 is 9.59 Å². The maximum absolute atomic E-state index is 12.5. The van der Waals surface area contributed by atoms with Gasteiger partial charge in [0.25, 0.3) is 0 Å². The third kappa shape index (κ3) is 3.61. The van der Waals surface area contributed by atoms with E-state index in [9.17, 15) is 9.59 Å². The van der Waals surface area contributed by atoms with Gasteiger partial charge in [-0.3, -0.25) is 9.59 Å². The lowest BCUT2D eigenvalue weighted by Crippen LogP contribution is -2.37. The second kappa shape index (κ2) is 6.72. The van der Waals surface area contributed by atoms with Crippen molar-refractivity contribution in [3.8, 4) is 0 Å². The summed E-state index contributed by atoms with van der Waals surface area (Å²) in [5.41, 5.74) is 1.10. The zero-order valence-electron chi connectivity index (χ0n) is 12.7. The summed E-state index contributed by atoms with van der Waals surface area (Å²) in [6.07, 6.45) is 2.11. The van der Waals surface area contributed by atoms with Crippen molar-refractivity contribution in [2.45, 2.75) is 33.1 Å². The van der Waals surface area contributed by atoms with Crippen molar-refractivity contribution in [1.82, 2.24) is 5.32 Å². The van der Waals surface area contributed by atoms with Gasteiger partial charge in [0.1, 0.15) is 0 Å². The highest BCUT2D eigenvalue weighted by Gasteiger charge is 2.39. The van der Waals surface area contributed by atoms with Gasteiger partial charge >= 0.3 is 0 Å². The Morgan fingerprint density at radius 1 is 1.24 bits per heavy atom. The SMILES string of the molecule is CCC(=O)Nc1cccc(NC(=O)C2(CC)CCNC2)c1. The molecule has 0 spiro atoms. The van der Waals surface area contributed by atoms with E-state index in [1.807, 2.05) is 25.1 Å². The van der Waals surface area contributed by atoms with Gasteiger partial charge in [-0.15, -0.1) is 0 Å². The van der Waals surface area contributed by atoms with Crippen LogP contribution in [0.1, 0.15) is 33.1 Å². The molecule has 0 bridgehead atoms. The zero-order chi connectivity index (χ0) is 15.3. The Morgan fingerprint density at radius 3 is 2.52 bits per heavy atom. The van der Waals surface area contributed by atoms with Gasteiger partial charge in [0.05, 0.1) is 5.41 Å². The van der Waals surface area contributed by atoms with E-state index in [1.165, 1.54) is 0 Å². The van der Waals surface area contributed by atoms with Crippen molar-refractivity contribution in [1.29, 1.82) is 0 Å². The van der Waals surface area contributed by atoms with Gasteiger partial charge in [0, 0.05) is 24.3 Å². The molecule has 114 valence electrons. The van der Waals surface area contributed by atoms with Crippen LogP contribution in [0.3, 0.4) is 0 Å². The van der Waals surface area contributed by atoms with Gasteiger partial charge in [0.15, 0.2) is 0 Å². The third-order valence-corrected chi connectivity index (χ3v) is 4.13. The number of hydrogen-bond acceptors (Lipinski definition) is 3. The van der Waals surface area contributed by atoms with Gasteiger partial charge < -0.3 is 16.0 Å². The Bertz CT molecular complexity index is 522. The van der Waals surface area contributed by atoms with E-state index in [-0.39, 0.29) is 17.2 Å². The fourth-order valence-corrected chi connectivity index (χ4v) is 2.59. The average molecular weight is 289 g/mol. The lowest BCUT2D eigenvalue weighted by atomic mass is 9.83. The minimum absolute atomic E-state index is 0.0384. The van der Waals surface area contributed by atoms with Crippen LogP contribution in [-0.4, -0.2) is 24.9 Å². The topological polar surface area (TPSA) is 70.2 Å². The zero-order valence-corrected chi connectivity index (χ0v) is 12.7. The standard InChI is InChI=1S/C16H23N3O2/c1-3-14(20)18-12-6-5-7-13(10-12)19-15(21)16(4-2)8-9-17-11-16/h5-7,10,17H,3-4,8-9,11H2,1-2H3,(H,18,20)(H,19,21). The molecule has 5 nitrogen and oxygen atoms in total. The molecule has 0 aromatic heterocycles. The molecule has 0 saturated carbocycles. The molecule has 1 heterocycles. The van der Waals surface area contributed by atoms with Crippen LogP contribution in [0.2, 0.25) is 0 Å². The van der Waals surface area contributed by atoms with Crippen LogP contribution in [0.15, 0.2) is 24.3 Å². The summed E-state index contributed by atoms with van der Waals surface area (Å²) in [7, 11) is 0. The Morgan fingerprint density at radius 2 is 1.95 bits per heavy atom. The van der Waals surface area contributed by atoms with Crippen molar-refractivity contribution >= 4 is 23.2 Å². The molecule has 1 aromatic carbocycles. The highest BCUT2D eigenvalue weighted by atomic mass is 16.2. The van der Waals surface area contributed by atoms with E-state index in [0.29, 0.717) is 17.8 Å². The minimum Gasteiger partial charge on any atom is -0.326 e. The van der Waals surface area contributed by atoms with Gasteiger partial charge in [-0.2, -0.15) is 0 Å². The lowest BCUT2D eigenvalue weighted by molar-refractivity contribution is -0.124. The van der Waals surface area contributed by atoms with Gasteiger partial charge in [0.2, 0.25) is 11.8 Å². The van der Waals surface area contributed by atoms with Crippen LogP contribution >= 0.6 is 0 Å². The van der Waals surface area contributed by atoms with Crippen molar-refractivity contribution in [2.24, 2.45) is 5.41 Å². The molecule has 0 aliphatic carbocycles. The largest absolute Gasteiger partial charge is 0.326 e. The molecule has 3 N–H and O–H groups in total. The Balaban J connectivity index is 2.07. The normalized spacial score (nSPS) is 21.0. The second-order valence-corrected chi connectivity index (χ2v) is 5.50. The predicted octanol–water partition coefficient (Wildman–Crippen LogP) is 2.36. The fourth-order valence-electron chi connectivity index (χ4n) is 2.59. The van der Waals surface area contributed by atoms with Crippen LogP contribution in [0, 0.1) is 5.41 Å². The lowest BCUT2D eigenvalue weighted by Gasteiger charge is -2.25. The van der Waals surface area contributed by atoms with Crippen LogP contribution in [-0.2, 0) is 9.59 Å². The van der Waals surface area contributed by atoms with Gasteiger partial charge in [-0.05, 0) is 37.6 Å². The maximum atomic E-state index is 12.5. The first-order valence-corrected chi connectivity index (χ1v) is 7.52. The van der Waals surface area contributed by atoms with Crippen molar-refractivity contribution in [3.05, 3.63) is 24.3 Å². The number of hydrogen-bond donors (Lipinski definition) is 3. The number of benzene rings is 1. The van der Waals surface area contributed by atoms with Crippen LogP contribution < -0.4 is 16.0 Å². The van der Waals surface area contributed by atoms with Crippen LogP contribution in [0.4, 0.5) is 11.4 Å². The molecule has 1 aromatic rings. The number of nitrogens with one attached hydrogen (secondary N) is 3. The van der Waals surface area contributed by atoms with Crippen molar-refractivity contribution in [2.75, 3.05) is 23.7 Å². The number of carbonyl (C=O) groups excluding carboxylic acids is 2. The number of rotatable bonds is 5. The summed E-state index contributed by atoms with van der Waals surface area (Å²) >= 11 is 0. The molecule has 1 saturated heterocycles. The summed E-state index contributed by atoms with van der Waals surface area (Å²) in [5.74, 6) is 0.0115. The first-order valence-electron chi connectivity index (χ1n) is 7.52. The monoisotopic (exact) mass is 289 g/mol. The first-order chi connectivity index (χ1) is 10.1. The Labute approximate surface area is 125 Å². The minimum atomic E-state index is -0.317. The smallest absolute Gasteiger partial charge is 0.231 e. The highest BCUT2D eigenvalue weighted by molar-refractivity contribution is 5.97. The van der Waals surface area contributed by atoms with E-state index >= 15 is 0 Å². The molecule has 0 radical (unpaired) electrons. The summed E-state index contributed by atoms with van der Waals surface area (Å²) in [6.45, 7) is 5.46. The predicted molar refractivity (Wildman–Crippen MR) is 84.2 cm³/mol. The molecule has 1 aliphatic heterocycles. The third-order valence-electron chi connectivity index (χ3n) is 4.13. The quantitative estimate of drug-likeness (QED) is 0.779. The van der Waals surface area contributed by atoms with E-state index in [0.717, 1.165) is 25.9 Å². The molecule has 1 atom stereocenters. The summed E-state index contributed by atoms with van der Waals surface area (Å²) in [6, 6.07) is 7.27. The fraction of sp³-hybridized carbons (Fsp3) is 0.500. The number of anilines is 2. The molecule has 2 amide bonds. The van der Waals surface area contributed by atoms with E-state index in [1.54, 1.807) is 13.0 Å². The van der Waals surface area contributed by atoms with E-state index in [2.05, 4.69) is 16.0 Å². The van der Waals surface area contributed by atoms with Gasteiger partial charge in [-0.25, -0.2) is 0 Å². The molecule has 1 unspecified atom stereocenters. The Hall–Kier alpha value is -1.88. The average Bonchev–Trinajstić information content (AvgIpc) is 2.97. The number of carbonyl (C=O) groups is 2. The first kappa shape index (κ1) is 15.5. The second-order valence-electron chi connectivity index (χ2n) is 5.50. The summed E-state index contributed by atoms with van der Waals surface area (Å²) in [5, 5.41) is 9.03. The summed E-state index contributed by atoms with van der Waals surface area (Å²) < 4.78 is 0. The molecule has 2 rings (SSSR count). The molecule has 21 heavy (non-hydrogen) atoms. The molecular formula is C16H23N3O2.